The topological polar surface area (TPSA) is 23.8 Å². The van der Waals surface area contributed by atoms with Gasteiger partial charge in [-0.1, -0.05) is 52.4 Å². The predicted octanol–water partition coefficient (Wildman–Crippen LogP) is 3.50. The van der Waals surface area contributed by atoms with Gasteiger partial charge in [0.1, 0.15) is 0 Å². The Kier molecular flexibility index (Phi) is 2.53. The normalized spacial score (nSPS) is 14.4. The summed E-state index contributed by atoms with van der Waals surface area (Å²) in [6.45, 7) is 12.7. The van der Waals surface area contributed by atoms with Crippen LogP contribution in [0.4, 0.5) is 0 Å². The first-order valence-corrected chi connectivity index (χ1v) is 3.87. The third-order valence-electron chi connectivity index (χ3n) is 1.73. The van der Waals surface area contributed by atoms with E-state index in [0.29, 0.717) is 0 Å². The van der Waals surface area contributed by atoms with Gasteiger partial charge in [-0.05, 0) is 0 Å². The molecule has 1 nitrogen and oxygen atoms in total. The number of hydrogen-bond donors (Lipinski definition) is 0. The van der Waals surface area contributed by atoms with Crippen LogP contribution in [0, 0.1) is 10.8 Å². The van der Waals surface area contributed by atoms with E-state index in [0.717, 1.165) is 0 Å². The highest BCUT2D eigenvalue weighted by Gasteiger charge is 2.24. The zero-order chi connectivity index (χ0) is 8.58. The Morgan fingerprint density at radius 2 is 1.00 bits per heavy atom. The van der Waals surface area contributed by atoms with E-state index in [9.17, 15) is 0 Å². The van der Waals surface area contributed by atoms with Crippen LogP contribution in [0.25, 0.3) is 5.73 Å². The zero-order valence-electron chi connectivity index (χ0n) is 8.08. The van der Waals surface area contributed by atoms with Crippen molar-refractivity contribution in [3.8, 4) is 0 Å². The second kappa shape index (κ2) is 2.54. The molecule has 0 unspecified atom stereocenters. The summed E-state index contributed by atoms with van der Waals surface area (Å²) in [5.74, 6) is 0. The lowest BCUT2D eigenvalue weighted by Gasteiger charge is -2.45. The largest absolute Gasteiger partial charge is 0.674 e. The van der Waals surface area contributed by atoms with Gasteiger partial charge in [0.05, 0.1) is 0 Å². The molecule has 0 fully saturated rings. The molecule has 0 radical (unpaired) electrons. The minimum atomic E-state index is 0.0139. The lowest BCUT2D eigenvalue weighted by atomic mass is 9.73. The molecule has 0 amide bonds. The van der Waals surface area contributed by atoms with Gasteiger partial charge in [0, 0.05) is 0 Å². The fourth-order valence-electron chi connectivity index (χ4n) is 1.30. The van der Waals surface area contributed by atoms with E-state index in [1.54, 1.807) is 0 Å². The Bertz CT molecular complexity index is 88.9. The van der Waals surface area contributed by atoms with Crippen LogP contribution in [0.5, 0.6) is 0 Å². The average Bonchev–Trinajstić information content (AvgIpc) is 1.59. The molecule has 0 aliphatic rings. The fraction of sp³-hybridized carbons (Fsp3) is 1.00. The van der Waals surface area contributed by atoms with Crippen molar-refractivity contribution < 1.29 is 0 Å². The van der Waals surface area contributed by atoms with Crippen LogP contribution in [0.15, 0.2) is 0 Å². The highest BCUT2D eigenvalue weighted by molar-refractivity contribution is 4.94. The zero-order valence-corrected chi connectivity index (χ0v) is 8.08. The van der Waals surface area contributed by atoms with Crippen LogP contribution >= 0.6 is 0 Å². The molecule has 0 aromatic heterocycles. The molecule has 1 heteroatoms. The second-order valence-corrected chi connectivity index (χ2v) is 5.17. The second-order valence-electron chi connectivity index (χ2n) is 5.17. The number of hydrogen-bond acceptors (Lipinski definition) is 0. The lowest BCUT2D eigenvalue weighted by Crippen LogP contribution is -2.34. The summed E-state index contributed by atoms with van der Waals surface area (Å²) < 4.78 is 0. The Labute approximate surface area is 65.0 Å². The number of rotatable bonds is 0. The molecule has 0 rings (SSSR count). The van der Waals surface area contributed by atoms with Gasteiger partial charge >= 0.3 is 0 Å². The van der Waals surface area contributed by atoms with Gasteiger partial charge in [-0.3, -0.25) is 0 Å². The molecule has 0 aliphatic carbocycles. The van der Waals surface area contributed by atoms with Gasteiger partial charge in [0.15, 0.2) is 0 Å². The molecule has 0 spiro atoms. The maximum Gasteiger partial charge on any atom is -0.0540 e. The minimum absolute atomic E-state index is 0.0139. The molecule has 0 saturated carbocycles. The Balaban J connectivity index is 4.23. The Hall–Kier alpha value is -0.0400. The average molecular weight is 142 g/mol. The molecule has 0 heterocycles. The van der Waals surface area contributed by atoms with Crippen molar-refractivity contribution in [3.05, 3.63) is 5.73 Å². The van der Waals surface area contributed by atoms with Crippen molar-refractivity contribution in [1.29, 1.82) is 0 Å². The fourth-order valence-corrected chi connectivity index (χ4v) is 1.30. The van der Waals surface area contributed by atoms with E-state index in [2.05, 4.69) is 41.5 Å². The quantitative estimate of drug-likeness (QED) is 0.494. The van der Waals surface area contributed by atoms with E-state index >= 15 is 0 Å². The van der Waals surface area contributed by atoms with Gasteiger partial charge in [-0.15, -0.1) is 6.04 Å². The summed E-state index contributed by atoms with van der Waals surface area (Å²) in [4.78, 5) is 0. The molecule has 0 aliphatic heterocycles. The van der Waals surface area contributed by atoms with Gasteiger partial charge < -0.3 is 5.73 Å². The summed E-state index contributed by atoms with van der Waals surface area (Å²) in [6.07, 6.45) is 0. The molecule has 0 saturated heterocycles. The van der Waals surface area contributed by atoms with Gasteiger partial charge in [-0.2, -0.15) is 0 Å². The van der Waals surface area contributed by atoms with Crippen molar-refractivity contribution in [3.63, 3.8) is 0 Å². The van der Waals surface area contributed by atoms with E-state index in [-0.39, 0.29) is 16.9 Å². The summed E-state index contributed by atoms with van der Waals surface area (Å²) in [6, 6.07) is 0.0139. The third-order valence-corrected chi connectivity index (χ3v) is 1.73. The summed E-state index contributed by atoms with van der Waals surface area (Å²) in [5, 5.41) is 0. The van der Waals surface area contributed by atoms with Gasteiger partial charge in [0.25, 0.3) is 0 Å². The van der Waals surface area contributed by atoms with Crippen LogP contribution in [0.2, 0.25) is 0 Å². The molecule has 10 heavy (non-hydrogen) atoms. The first-order chi connectivity index (χ1) is 4.15. The first kappa shape index (κ1) is 9.96. The summed E-state index contributed by atoms with van der Waals surface area (Å²) >= 11 is 0. The Morgan fingerprint density at radius 1 is 0.800 bits per heavy atom. The molecule has 0 aromatic rings. The molecule has 0 bridgehead atoms. The first-order valence-electron chi connectivity index (χ1n) is 3.87. The standard InChI is InChI=1S/C9H20N/c1-8(2,3)7(10)9(4,5)6/h7,10H,1-6H3/q-1. The summed E-state index contributed by atoms with van der Waals surface area (Å²) in [7, 11) is 0. The molecule has 1 N–H and O–H groups in total. The molecular weight excluding hydrogens is 122 g/mol. The van der Waals surface area contributed by atoms with Crippen molar-refractivity contribution >= 4 is 0 Å². The van der Waals surface area contributed by atoms with Crippen molar-refractivity contribution in [1.82, 2.24) is 0 Å². The van der Waals surface area contributed by atoms with Crippen LogP contribution in [-0.2, 0) is 0 Å². The smallest absolute Gasteiger partial charge is 0.0540 e. The van der Waals surface area contributed by atoms with E-state index in [1.807, 2.05) is 0 Å². The van der Waals surface area contributed by atoms with Crippen LogP contribution < -0.4 is 0 Å². The Morgan fingerprint density at radius 3 is 1.00 bits per heavy atom. The highest BCUT2D eigenvalue weighted by Crippen LogP contribution is 2.34. The monoisotopic (exact) mass is 142 g/mol. The highest BCUT2D eigenvalue weighted by atomic mass is 14.7. The van der Waals surface area contributed by atoms with Crippen LogP contribution in [-0.4, -0.2) is 6.04 Å². The minimum Gasteiger partial charge on any atom is -0.674 e. The van der Waals surface area contributed by atoms with Crippen LogP contribution in [0.1, 0.15) is 41.5 Å². The van der Waals surface area contributed by atoms with Gasteiger partial charge in [-0.25, -0.2) is 0 Å². The van der Waals surface area contributed by atoms with E-state index < -0.39 is 0 Å². The van der Waals surface area contributed by atoms with E-state index in [4.69, 9.17) is 5.73 Å². The molecule has 0 atom stereocenters. The number of nitrogens with one attached hydrogen (secondary N) is 1. The lowest BCUT2D eigenvalue weighted by molar-refractivity contribution is 0.215. The van der Waals surface area contributed by atoms with E-state index in [1.165, 1.54) is 0 Å². The molecule has 62 valence electrons. The van der Waals surface area contributed by atoms with Crippen molar-refractivity contribution in [2.75, 3.05) is 0 Å². The maximum atomic E-state index is 7.88. The molecule has 0 aromatic carbocycles. The third kappa shape index (κ3) is 2.70. The van der Waals surface area contributed by atoms with Crippen molar-refractivity contribution in [2.45, 2.75) is 47.6 Å². The summed E-state index contributed by atoms with van der Waals surface area (Å²) in [5.41, 5.74) is 8.09. The predicted molar refractivity (Wildman–Crippen MR) is 47.0 cm³/mol. The van der Waals surface area contributed by atoms with Crippen LogP contribution in [0.3, 0.4) is 0 Å². The SMILES string of the molecule is CC(C)(C)C([NH-])C(C)(C)C. The van der Waals surface area contributed by atoms with Gasteiger partial charge in [0.2, 0.25) is 0 Å². The maximum absolute atomic E-state index is 7.88. The van der Waals surface area contributed by atoms with Crippen molar-refractivity contribution in [2.24, 2.45) is 10.8 Å². The molecular formula is C9H20N-.